The quantitative estimate of drug-likeness (QED) is 0.396. The Morgan fingerprint density at radius 3 is 2.06 bits per heavy atom. The second-order valence-electron chi connectivity index (χ2n) is 11.5. The molecule has 1 rings (SSSR count). The number of carbonyl (C=O) groups excluding carboxylic acids is 3. The van der Waals surface area contributed by atoms with Crippen molar-refractivity contribution in [2.24, 2.45) is 5.92 Å². The molecule has 0 spiro atoms. The minimum Gasteiger partial charge on any atom is -0.444 e. The molecular formula is C28H47N3O4. The van der Waals surface area contributed by atoms with Crippen molar-refractivity contribution in [3.8, 4) is 0 Å². The number of nitrogens with zero attached hydrogens (tertiary/aromatic N) is 1. The van der Waals surface area contributed by atoms with E-state index < -0.39 is 29.3 Å². The highest BCUT2D eigenvalue weighted by Crippen LogP contribution is 2.30. The average molecular weight is 490 g/mol. The predicted molar refractivity (Wildman–Crippen MR) is 141 cm³/mol. The summed E-state index contributed by atoms with van der Waals surface area (Å²) in [6, 6.07) is 7.67. The maximum atomic E-state index is 14.1. The fourth-order valence-electron chi connectivity index (χ4n) is 3.89. The predicted octanol–water partition coefficient (Wildman–Crippen LogP) is 5.60. The van der Waals surface area contributed by atoms with Crippen LogP contribution in [0.1, 0.15) is 99.6 Å². The Bertz CT molecular complexity index is 810. The highest BCUT2D eigenvalue weighted by Gasteiger charge is 2.41. The first-order chi connectivity index (χ1) is 16.2. The number of rotatable bonds is 11. The molecule has 35 heavy (non-hydrogen) atoms. The lowest BCUT2D eigenvalue weighted by Gasteiger charge is -2.43. The van der Waals surface area contributed by atoms with Gasteiger partial charge in [-0.15, -0.1) is 0 Å². The summed E-state index contributed by atoms with van der Waals surface area (Å²) in [5.74, 6) is -0.399. The Hall–Kier alpha value is -2.57. The molecule has 0 heterocycles. The molecule has 7 heteroatoms. The number of carbonyl (C=O) groups is 3. The molecule has 0 aliphatic heterocycles. The van der Waals surface area contributed by atoms with Crippen molar-refractivity contribution in [1.29, 1.82) is 0 Å². The Kier molecular flexibility index (Phi) is 11.7. The van der Waals surface area contributed by atoms with Gasteiger partial charge < -0.3 is 20.3 Å². The van der Waals surface area contributed by atoms with Gasteiger partial charge in [0, 0.05) is 12.1 Å². The van der Waals surface area contributed by atoms with Crippen LogP contribution in [0.15, 0.2) is 30.3 Å². The maximum absolute atomic E-state index is 14.1. The van der Waals surface area contributed by atoms with E-state index in [1.54, 1.807) is 25.7 Å². The van der Waals surface area contributed by atoms with Crippen molar-refractivity contribution in [3.05, 3.63) is 35.9 Å². The molecule has 1 aromatic carbocycles. The van der Waals surface area contributed by atoms with Gasteiger partial charge >= 0.3 is 6.09 Å². The molecular weight excluding hydrogens is 442 g/mol. The minimum atomic E-state index is -0.833. The van der Waals surface area contributed by atoms with Crippen LogP contribution >= 0.6 is 0 Å². The van der Waals surface area contributed by atoms with Crippen molar-refractivity contribution in [2.45, 2.75) is 111 Å². The van der Waals surface area contributed by atoms with Crippen LogP contribution in [0.2, 0.25) is 0 Å². The lowest BCUT2D eigenvalue weighted by molar-refractivity contribution is -0.148. The van der Waals surface area contributed by atoms with Crippen LogP contribution in [0, 0.1) is 5.92 Å². The minimum absolute atomic E-state index is 0.138. The third-order valence-electron chi connectivity index (χ3n) is 5.36. The third-order valence-corrected chi connectivity index (χ3v) is 5.36. The smallest absolute Gasteiger partial charge is 0.408 e. The number of amides is 3. The Morgan fingerprint density at radius 2 is 1.57 bits per heavy atom. The lowest BCUT2D eigenvalue weighted by atomic mass is 9.93. The van der Waals surface area contributed by atoms with Crippen LogP contribution in [0.5, 0.6) is 0 Å². The van der Waals surface area contributed by atoms with E-state index >= 15 is 0 Å². The number of nitrogens with one attached hydrogen (secondary N) is 2. The Morgan fingerprint density at radius 1 is 0.971 bits per heavy atom. The summed E-state index contributed by atoms with van der Waals surface area (Å²) in [5, 5.41) is 5.81. The number of ether oxygens (including phenoxy) is 1. The van der Waals surface area contributed by atoms with Gasteiger partial charge in [-0.3, -0.25) is 9.59 Å². The fraction of sp³-hybridized carbons (Fsp3) is 0.679. The van der Waals surface area contributed by atoms with Crippen molar-refractivity contribution < 1.29 is 19.1 Å². The topological polar surface area (TPSA) is 87.7 Å². The number of alkyl carbamates (subject to hydrolysis) is 1. The largest absolute Gasteiger partial charge is 0.444 e. The highest BCUT2D eigenvalue weighted by molar-refractivity contribution is 5.92. The molecule has 0 aliphatic carbocycles. The maximum Gasteiger partial charge on any atom is 0.408 e. The molecule has 0 aromatic heterocycles. The summed E-state index contributed by atoms with van der Waals surface area (Å²) in [6.07, 6.45) is 2.73. The summed E-state index contributed by atoms with van der Waals surface area (Å²) >= 11 is 0. The molecule has 2 unspecified atom stereocenters. The second-order valence-corrected chi connectivity index (χ2v) is 11.5. The van der Waals surface area contributed by atoms with E-state index in [1.807, 2.05) is 65.0 Å². The zero-order valence-electron chi connectivity index (χ0n) is 23.2. The number of hydrogen-bond donors (Lipinski definition) is 2. The zero-order valence-corrected chi connectivity index (χ0v) is 23.2. The molecule has 0 bridgehead atoms. The van der Waals surface area contributed by atoms with Crippen molar-refractivity contribution in [3.63, 3.8) is 0 Å². The van der Waals surface area contributed by atoms with E-state index in [0.29, 0.717) is 13.0 Å². The van der Waals surface area contributed by atoms with Gasteiger partial charge in [-0.2, -0.15) is 0 Å². The molecule has 0 saturated carbocycles. The van der Waals surface area contributed by atoms with Crippen LogP contribution in [-0.4, -0.2) is 46.5 Å². The van der Waals surface area contributed by atoms with E-state index in [4.69, 9.17) is 4.74 Å². The van der Waals surface area contributed by atoms with Crippen LogP contribution in [-0.2, 0) is 14.3 Å². The van der Waals surface area contributed by atoms with Crippen LogP contribution in [0.4, 0.5) is 4.79 Å². The Labute approximate surface area is 212 Å². The molecule has 0 saturated heterocycles. The van der Waals surface area contributed by atoms with Crippen molar-refractivity contribution in [2.75, 3.05) is 6.54 Å². The van der Waals surface area contributed by atoms with E-state index in [9.17, 15) is 14.4 Å². The highest BCUT2D eigenvalue weighted by atomic mass is 16.6. The van der Waals surface area contributed by atoms with E-state index in [1.165, 1.54) is 0 Å². The summed E-state index contributed by atoms with van der Waals surface area (Å²) in [4.78, 5) is 41.9. The first kappa shape index (κ1) is 30.5. The monoisotopic (exact) mass is 489 g/mol. The average Bonchev–Trinajstić information content (AvgIpc) is 2.72. The van der Waals surface area contributed by atoms with Gasteiger partial charge in [-0.05, 0) is 65.9 Å². The summed E-state index contributed by atoms with van der Waals surface area (Å²) < 4.78 is 5.43. The third kappa shape index (κ3) is 10.7. The number of unbranched alkanes of at least 4 members (excludes halogenated alkanes) is 2. The van der Waals surface area contributed by atoms with Gasteiger partial charge in [0.1, 0.15) is 17.7 Å². The molecule has 198 valence electrons. The number of hydrogen-bond acceptors (Lipinski definition) is 4. The van der Waals surface area contributed by atoms with E-state index in [2.05, 4.69) is 17.6 Å². The number of benzene rings is 1. The summed E-state index contributed by atoms with van der Waals surface area (Å²) in [6.45, 7) is 17.7. The second kappa shape index (κ2) is 13.5. The van der Waals surface area contributed by atoms with Crippen LogP contribution in [0.25, 0.3) is 0 Å². The molecule has 0 aliphatic rings. The fourth-order valence-corrected chi connectivity index (χ4v) is 3.89. The SMILES string of the molecule is CCCCCNC(=O)C(c1ccccc1)N(C(=O)C(CC(C)C)NC(=O)OC(C)(C)C)C(C)(C)C. The molecule has 1 aromatic rings. The normalized spacial score (nSPS) is 13.7. The van der Waals surface area contributed by atoms with Gasteiger partial charge in [0.15, 0.2) is 0 Å². The zero-order chi connectivity index (χ0) is 26.8. The summed E-state index contributed by atoms with van der Waals surface area (Å²) in [7, 11) is 0. The molecule has 3 amide bonds. The first-order valence-corrected chi connectivity index (χ1v) is 12.8. The molecule has 0 radical (unpaired) electrons. The lowest BCUT2D eigenvalue weighted by Crippen LogP contribution is -2.58. The van der Waals surface area contributed by atoms with Crippen molar-refractivity contribution >= 4 is 17.9 Å². The first-order valence-electron chi connectivity index (χ1n) is 12.8. The van der Waals surface area contributed by atoms with Crippen molar-refractivity contribution in [1.82, 2.24) is 15.5 Å². The van der Waals surface area contributed by atoms with Gasteiger partial charge in [0.2, 0.25) is 11.8 Å². The molecule has 2 atom stereocenters. The summed E-state index contributed by atoms with van der Waals surface area (Å²) in [5.41, 5.74) is -0.655. The molecule has 7 nitrogen and oxygen atoms in total. The standard InChI is InChI=1S/C28H47N3O4/c1-10-11-15-18-29-24(32)23(21-16-13-12-14-17-21)31(27(4,5)6)25(33)22(19-20(2)3)30-26(34)35-28(7,8)9/h12-14,16-17,20,22-23H,10-11,15,18-19H2,1-9H3,(H,29,32)(H,30,34). The van der Waals surface area contributed by atoms with Crippen LogP contribution in [0.3, 0.4) is 0 Å². The van der Waals surface area contributed by atoms with E-state index in [-0.39, 0.29) is 17.7 Å². The van der Waals surface area contributed by atoms with Gasteiger partial charge in [-0.1, -0.05) is 63.9 Å². The Balaban J connectivity index is 3.41. The van der Waals surface area contributed by atoms with E-state index in [0.717, 1.165) is 24.8 Å². The van der Waals surface area contributed by atoms with Gasteiger partial charge in [0.25, 0.3) is 0 Å². The van der Waals surface area contributed by atoms with Gasteiger partial charge in [-0.25, -0.2) is 4.79 Å². The molecule has 0 fully saturated rings. The van der Waals surface area contributed by atoms with Crippen LogP contribution < -0.4 is 10.6 Å². The van der Waals surface area contributed by atoms with Gasteiger partial charge in [0.05, 0.1) is 0 Å². The molecule has 2 N–H and O–H groups in total.